The molecule has 1 aromatic rings. The third-order valence-corrected chi connectivity index (χ3v) is 6.05. The van der Waals surface area contributed by atoms with Crippen LogP contribution in [0.4, 0.5) is 0 Å². The molecule has 1 aliphatic heterocycles. The van der Waals surface area contributed by atoms with Crippen LogP contribution in [0.2, 0.25) is 0 Å². The van der Waals surface area contributed by atoms with Crippen LogP contribution in [-0.2, 0) is 20.9 Å². The minimum absolute atomic E-state index is 0.0454. The molecule has 0 radical (unpaired) electrons. The zero-order valence-electron chi connectivity index (χ0n) is 18.2. The Morgan fingerprint density at radius 2 is 1.86 bits per heavy atom. The summed E-state index contributed by atoms with van der Waals surface area (Å²) in [6, 6.07) is 3.71. The van der Waals surface area contributed by atoms with E-state index in [1.807, 2.05) is 32.9 Å². The number of amides is 2. The van der Waals surface area contributed by atoms with Gasteiger partial charge in [0.2, 0.25) is 11.8 Å². The van der Waals surface area contributed by atoms with Gasteiger partial charge in [-0.1, -0.05) is 19.3 Å². The molecule has 1 aromatic heterocycles. The summed E-state index contributed by atoms with van der Waals surface area (Å²) in [6.07, 6.45) is 8.96. The van der Waals surface area contributed by atoms with Crippen LogP contribution in [0.5, 0.6) is 0 Å². The van der Waals surface area contributed by atoms with Gasteiger partial charge in [0.15, 0.2) is 0 Å². The Morgan fingerprint density at radius 1 is 1.10 bits per heavy atom. The van der Waals surface area contributed by atoms with Crippen LogP contribution >= 0.6 is 0 Å². The summed E-state index contributed by atoms with van der Waals surface area (Å²) >= 11 is 0. The number of ether oxygens (including phenoxy) is 1. The van der Waals surface area contributed by atoms with E-state index in [1.165, 1.54) is 6.42 Å². The minimum atomic E-state index is -0.398. The molecule has 1 saturated heterocycles. The fourth-order valence-electron chi connectivity index (χ4n) is 4.33. The summed E-state index contributed by atoms with van der Waals surface area (Å²) in [5.41, 5.74) is -0.398. The zero-order chi connectivity index (χ0) is 20.9. The zero-order valence-corrected chi connectivity index (χ0v) is 18.2. The first-order valence-electron chi connectivity index (χ1n) is 11.1. The Labute approximate surface area is 174 Å². The summed E-state index contributed by atoms with van der Waals surface area (Å²) in [5.74, 6) is 0.876. The lowest BCUT2D eigenvalue weighted by Crippen LogP contribution is -2.53. The largest absolute Gasteiger partial charge is 0.467 e. The van der Waals surface area contributed by atoms with Gasteiger partial charge in [-0.15, -0.1) is 0 Å². The van der Waals surface area contributed by atoms with Crippen LogP contribution in [0, 0.1) is 5.92 Å². The molecular formula is C23H36N2O4. The minimum Gasteiger partial charge on any atom is -0.467 e. The van der Waals surface area contributed by atoms with Crippen LogP contribution in [0.15, 0.2) is 22.8 Å². The highest BCUT2D eigenvalue weighted by Crippen LogP contribution is 2.28. The van der Waals surface area contributed by atoms with Crippen LogP contribution < -0.4 is 0 Å². The number of hydrogen-bond acceptors (Lipinski definition) is 4. The third-order valence-electron chi connectivity index (χ3n) is 6.05. The van der Waals surface area contributed by atoms with E-state index in [0.29, 0.717) is 13.1 Å². The lowest BCUT2D eigenvalue weighted by molar-refractivity contribution is -0.149. The number of furan rings is 1. The topological polar surface area (TPSA) is 63.0 Å². The van der Waals surface area contributed by atoms with Crippen molar-refractivity contribution in [1.29, 1.82) is 0 Å². The van der Waals surface area contributed by atoms with Gasteiger partial charge in [0.1, 0.15) is 12.3 Å². The molecule has 2 amide bonds. The molecule has 1 atom stereocenters. The number of carbonyl (C=O) groups excluding carboxylic acids is 2. The standard InChI is InChI=1S/C23H36N2O4/c1-23(2,3)25(22(27)18-9-5-4-6-10-18)17-21(26)24(15-19-11-7-13-28-19)16-20-12-8-14-29-20/h7,11,13,18,20H,4-6,8-10,12,14-17H2,1-3H3. The lowest BCUT2D eigenvalue weighted by atomic mass is 9.87. The smallest absolute Gasteiger partial charge is 0.242 e. The van der Waals surface area contributed by atoms with E-state index < -0.39 is 5.54 Å². The Balaban J connectivity index is 1.71. The average molecular weight is 405 g/mol. The van der Waals surface area contributed by atoms with E-state index in [0.717, 1.165) is 50.9 Å². The Hall–Kier alpha value is -1.82. The maximum absolute atomic E-state index is 13.3. The van der Waals surface area contributed by atoms with E-state index in [4.69, 9.17) is 9.15 Å². The molecule has 29 heavy (non-hydrogen) atoms. The molecule has 0 bridgehead atoms. The molecule has 1 saturated carbocycles. The SMILES string of the molecule is CC(C)(C)N(CC(=O)N(Cc1ccco1)CC1CCCO1)C(=O)C1CCCCC1. The molecule has 1 aliphatic carbocycles. The van der Waals surface area contributed by atoms with E-state index in [2.05, 4.69) is 0 Å². The van der Waals surface area contributed by atoms with Gasteiger partial charge >= 0.3 is 0 Å². The number of nitrogens with zero attached hydrogens (tertiary/aromatic N) is 2. The van der Waals surface area contributed by atoms with Crippen LogP contribution in [0.3, 0.4) is 0 Å². The van der Waals surface area contributed by atoms with E-state index in [1.54, 1.807) is 16.1 Å². The Morgan fingerprint density at radius 3 is 2.45 bits per heavy atom. The molecular weight excluding hydrogens is 368 g/mol. The normalized spacial score (nSPS) is 20.6. The number of carbonyl (C=O) groups is 2. The predicted molar refractivity (Wildman–Crippen MR) is 111 cm³/mol. The molecule has 0 aromatic carbocycles. The van der Waals surface area contributed by atoms with Crippen LogP contribution in [0.25, 0.3) is 0 Å². The number of rotatable bonds is 7. The van der Waals surface area contributed by atoms with Crippen molar-refractivity contribution in [2.24, 2.45) is 5.92 Å². The van der Waals surface area contributed by atoms with Crippen molar-refractivity contribution in [3.8, 4) is 0 Å². The van der Waals surface area contributed by atoms with Crippen LogP contribution in [0.1, 0.15) is 71.5 Å². The first-order chi connectivity index (χ1) is 13.8. The molecule has 6 heteroatoms. The molecule has 2 fully saturated rings. The molecule has 1 unspecified atom stereocenters. The van der Waals surface area contributed by atoms with Gasteiger partial charge < -0.3 is 19.0 Å². The molecule has 6 nitrogen and oxygen atoms in total. The second-order valence-electron chi connectivity index (χ2n) is 9.42. The van der Waals surface area contributed by atoms with E-state index in [9.17, 15) is 9.59 Å². The molecule has 0 N–H and O–H groups in total. The summed E-state index contributed by atoms with van der Waals surface area (Å²) in [4.78, 5) is 30.2. The van der Waals surface area contributed by atoms with Crippen molar-refractivity contribution in [1.82, 2.24) is 9.80 Å². The van der Waals surface area contributed by atoms with Crippen molar-refractivity contribution >= 4 is 11.8 Å². The maximum Gasteiger partial charge on any atom is 0.242 e. The Kier molecular flexibility index (Phi) is 7.38. The first-order valence-corrected chi connectivity index (χ1v) is 11.1. The maximum atomic E-state index is 13.3. The first kappa shape index (κ1) is 21.9. The molecule has 0 spiro atoms. The summed E-state index contributed by atoms with van der Waals surface area (Å²) in [7, 11) is 0. The summed E-state index contributed by atoms with van der Waals surface area (Å²) in [5, 5.41) is 0. The predicted octanol–water partition coefficient (Wildman–Crippen LogP) is 3.99. The lowest BCUT2D eigenvalue weighted by Gasteiger charge is -2.39. The highest BCUT2D eigenvalue weighted by molar-refractivity contribution is 5.86. The molecule has 2 heterocycles. The second-order valence-corrected chi connectivity index (χ2v) is 9.42. The van der Waals surface area contributed by atoms with E-state index >= 15 is 0 Å². The van der Waals surface area contributed by atoms with Crippen molar-refractivity contribution in [2.75, 3.05) is 19.7 Å². The molecule has 3 rings (SSSR count). The van der Waals surface area contributed by atoms with Gasteiger partial charge in [-0.05, 0) is 58.6 Å². The van der Waals surface area contributed by atoms with E-state index in [-0.39, 0.29) is 30.4 Å². The van der Waals surface area contributed by atoms with Crippen molar-refractivity contribution in [3.63, 3.8) is 0 Å². The van der Waals surface area contributed by atoms with Crippen molar-refractivity contribution in [2.45, 2.75) is 83.9 Å². The van der Waals surface area contributed by atoms with Gasteiger partial charge in [-0.2, -0.15) is 0 Å². The van der Waals surface area contributed by atoms with Gasteiger partial charge in [-0.3, -0.25) is 9.59 Å². The third kappa shape index (κ3) is 6.08. The van der Waals surface area contributed by atoms with Gasteiger partial charge in [0.05, 0.1) is 18.9 Å². The summed E-state index contributed by atoms with van der Waals surface area (Å²) in [6.45, 7) is 7.83. The Bertz CT molecular complexity index is 653. The molecule has 2 aliphatic rings. The van der Waals surface area contributed by atoms with Crippen molar-refractivity contribution in [3.05, 3.63) is 24.2 Å². The van der Waals surface area contributed by atoms with Gasteiger partial charge in [0, 0.05) is 24.6 Å². The highest BCUT2D eigenvalue weighted by atomic mass is 16.5. The summed E-state index contributed by atoms with van der Waals surface area (Å²) < 4.78 is 11.2. The fourth-order valence-corrected chi connectivity index (χ4v) is 4.33. The monoisotopic (exact) mass is 404 g/mol. The number of hydrogen-bond donors (Lipinski definition) is 0. The second kappa shape index (κ2) is 9.79. The average Bonchev–Trinajstić information content (AvgIpc) is 3.39. The van der Waals surface area contributed by atoms with Gasteiger partial charge in [0.25, 0.3) is 0 Å². The highest BCUT2D eigenvalue weighted by Gasteiger charge is 2.35. The molecule has 162 valence electrons. The fraction of sp³-hybridized carbons (Fsp3) is 0.739. The van der Waals surface area contributed by atoms with Crippen LogP contribution in [-0.4, -0.2) is 53.0 Å². The van der Waals surface area contributed by atoms with Crippen molar-refractivity contribution < 1.29 is 18.7 Å². The van der Waals surface area contributed by atoms with Gasteiger partial charge in [-0.25, -0.2) is 0 Å². The quantitative estimate of drug-likeness (QED) is 0.689.